The Hall–Kier alpha value is -1.13. The molecule has 2 aromatic rings. The zero-order valence-corrected chi connectivity index (χ0v) is 16.0. The van der Waals surface area contributed by atoms with Gasteiger partial charge < -0.3 is 0 Å². The standard InChI is InChI=1S/C21H29P/c1-20(2,3)18-13-12-16(15-10-8-7-9-11-15)17(14-22)19(18)21(4,5)6/h7-13H,14,22H2,1-6H3. The van der Waals surface area contributed by atoms with E-state index in [2.05, 4.69) is 93.2 Å². The van der Waals surface area contributed by atoms with Crippen molar-refractivity contribution in [2.75, 3.05) is 0 Å². The van der Waals surface area contributed by atoms with Crippen LogP contribution in [0.3, 0.4) is 0 Å². The predicted molar refractivity (Wildman–Crippen MR) is 103 cm³/mol. The average molecular weight is 312 g/mol. The highest BCUT2D eigenvalue weighted by atomic mass is 31.0. The van der Waals surface area contributed by atoms with Gasteiger partial charge in [0, 0.05) is 0 Å². The first-order valence-electron chi connectivity index (χ1n) is 8.08. The van der Waals surface area contributed by atoms with Gasteiger partial charge in [0.15, 0.2) is 0 Å². The molecular weight excluding hydrogens is 283 g/mol. The fraction of sp³-hybridized carbons (Fsp3) is 0.429. The average Bonchev–Trinajstić information content (AvgIpc) is 2.44. The quantitative estimate of drug-likeness (QED) is 0.569. The van der Waals surface area contributed by atoms with Gasteiger partial charge in [-0.2, -0.15) is 0 Å². The van der Waals surface area contributed by atoms with E-state index in [0.29, 0.717) is 0 Å². The van der Waals surface area contributed by atoms with Crippen molar-refractivity contribution in [2.45, 2.75) is 58.5 Å². The second-order valence-electron chi connectivity index (χ2n) is 8.08. The number of hydrogen-bond donors (Lipinski definition) is 0. The Morgan fingerprint density at radius 3 is 1.82 bits per heavy atom. The lowest BCUT2D eigenvalue weighted by Crippen LogP contribution is -2.24. The molecule has 0 heterocycles. The lowest BCUT2D eigenvalue weighted by atomic mass is 9.72. The molecule has 0 amide bonds. The molecule has 0 aliphatic rings. The van der Waals surface area contributed by atoms with Crippen LogP contribution >= 0.6 is 9.24 Å². The van der Waals surface area contributed by atoms with Gasteiger partial charge in [-0.25, -0.2) is 0 Å². The van der Waals surface area contributed by atoms with Gasteiger partial charge in [0.05, 0.1) is 0 Å². The van der Waals surface area contributed by atoms with E-state index in [1.54, 1.807) is 0 Å². The van der Waals surface area contributed by atoms with Crippen molar-refractivity contribution in [1.82, 2.24) is 0 Å². The lowest BCUT2D eigenvalue weighted by Gasteiger charge is -2.33. The molecule has 0 saturated carbocycles. The van der Waals surface area contributed by atoms with E-state index >= 15 is 0 Å². The third kappa shape index (κ3) is 3.44. The summed E-state index contributed by atoms with van der Waals surface area (Å²) >= 11 is 0. The van der Waals surface area contributed by atoms with Crippen LogP contribution in [-0.4, -0.2) is 0 Å². The number of hydrogen-bond acceptors (Lipinski definition) is 0. The normalized spacial score (nSPS) is 12.5. The molecule has 2 rings (SSSR count). The van der Waals surface area contributed by atoms with Crippen LogP contribution in [0.1, 0.15) is 58.2 Å². The molecule has 22 heavy (non-hydrogen) atoms. The van der Waals surface area contributed by atoms with Gasteiger partial charge in [0.25, 0.3) is 0 Å². The molecule has 0 nitrogen and oxygen atoms in total. The summed E-state index contributed by atoms with van der Waals surface area (Å²) in [6.45, 7) is 13.9. The highest BCUT2D eigenvalue weighted by molar-refractivity contribution is 7.15. The first-order chi connectivity index (χ1) is 10.2. The lowest BCUT2D eigenvalue weighted by molar-refractivity contribution is 0.527. The van der Waals surface area contributed by atoms with Gasteiger partial charge in [-0.05, 0) is 44.8 Å². The maximum atomic E-state index is 2.93. The third-order valence-electron chi connectivity index (χ3n) is 4.16. The van der Waals surface area contributed by atoms with Crippen molar-refractivity contribution in [3.05, 3.63) is 59.2 Å². The first kappa shape index (κ1) is 17.2. The molecule has 1 atom stereocenters. The smallest absolute Gasteiger partial charge is 0.0119 e. The van der Waals surface area contributed by atoms with Crippen LogP contribution in [0, 0.1) is 0 Å². The van der Waals surface area contributed by atoms with Crippen LogP contribution < -0.4 is 0 Å². The van der Waals surface area contributed by atoms with E-state index < -0.39 is 0 Å². The SMILES string of the molecule is CC(C)(C)c1ccc(-c2ccccc2)c(CP)c1C(C)(C)C. The molecule has 0 bridgehead atoms. The summed E-state index contributed by atoms with van der Waals surface area (Å²) in [5, 5.41) is 0. The Morgan fingerprint density at radius 2 is 1.36 bits per heavy atom. The maximum absolute atomic E-state index is 2.93. The van der Waals surface area contributed by atoms with E-state index in [1.165, 1.54) is 27.8 Å². The Morgan fingerprint density at radius 1 is 0.773 bits per heavy atom. The Bertz CT molecular complexity index is 640. The predicted octanol–water partition coefficient (Wildman–Crippen LogP) is 6.32. The molecule has 0 aromatic heterocycles. The van der Waals surface area contributed by atoms with E-state index in [-0.39, 0.29) is 10.8 Å². The Kier molecular flexibility index (Phi) is 4.83. The number of rotatable bonds is 2. The zero-order valence-electron chi connectivity index (χ0n) is 14.8. The molecule has 0 spiro atoms. The second-order valence-corrected chi connectivity index (χ2v) is 8.49. The van der Waals surface area contributed by atoms with Gasteiger partial charge in [0.2, 0.25) is 0 Å². The van der Waals surface area contributed by atoms with E-state index in [9.17, 15) is 0 Å². The molecule has 0 fully saturated rings. The van der Waals surface area contributed by atoms with Crippen LogP contribution in [0.25, 0.3) is 11.1 Å². The fourth-order valence-electron chi connectivity index (χ4n) is 3.23. The summed E-state index contributed by atoms with van der Waals surface area (Å²) in [6, 6.07) is 15.4. The van der Waals surface area contributed by atoms with Crippen LogP contribution in [0.2, 0.25) is 0 Å². The summed E-state index contributed by atoms with van der Waals surface area (Å²) in [6.07, 6.45) is 0.987. The largest absolute Gasteiger partial charge is 0.133 e. The minimum atomic E-state index is 0.138. The van der Waals surface area contributed by atoms with Gasteiger partial charge in [-0.15, -0.1) is 9.24 Å². The number of benzene rings is 2. The summed E-state index contributed by atoms with van der Waals surface area (Å²) in [7, 11) is 2.93. The van der Waals surface area contributed by atoms with E-state index in [0.717, 1.165) is 6.16 Å². The van der Waals surface area contributed by atoms with E-state index in [4.69, 9.17) is 0 Å². The third-order valence-corrected chi connectivity index (χ3v) is 4.57. The zero-order chi connectivity index (χ0) is 16.5. The van der Waals surface area contributed by atoms with Gasteiger partial charge in [-0.3, -0.25) is 0 Å². The molecule has 1 unspecified atom stereocenters. The fourth-order valence-corrected chi connectivity index (χ4v) is 3.65. The molecule has 0 aliphatic heterocycles. The van der Waals surface area contributed by atoms with Crippen molar-refractivity contribution in [3.63, 3.8) is 0 Å². The van der Waals surface area contributed by atoms with Crippen molar-refractivity contribution < 1.29 is 0 Å². The van der Waals surface area contributed by atoms with Gasteiger partial charge >= 0.3 is 0 Å². The highest BCUT2D eigenvalue weighted by Gasteiger charge is 2.28. The molecule has 0 aliphatic carbocycles. The van der Waals surface area contributed by atoms with E-state index in [1.807, 2.05) is 0 Å². The summed E-state index contributed by atoms with van der Waals surface area (Å²) < 4.78 is 0. The maximum Gasteiger partial charge on any atom is -0.0119 e. The van der Waals surface area contributed by atoms with Crippen molar-refractivity contribution in [2.24, 2.45) is 0 Å². The van der Waals surface area contributed by atoms with Gasteiger partial charge in [0.1, 0.15) is 0 Å². The Balaban J connectivity index is 2.81. The van der Waals surface area contributed by atoms with Crippen molar-refractivity contribution in [3.8, 4) is 11.1 Å². The van der Waals surface area contributed by atoms with Crippen molar-refractivity contribution >= 4 is 9.24 Å². The Labute approximate surface area is 138 Å². The summed E-state index contributed by atoms with van der Waals surface area (Å²) in [4.78, 5) is 0. The molecular formula is C21H29P. The minimum Gasteiger partial charge on any atom is -0.133 e. The first-order valence-corrected chi connectivity index (χ1v) is 8.90. The molecule has 0 radical (unpaired) electrons. The second kappa shape index (κ2) is 6.17. The molecule has 1 heteroatoms. The minimum absolute atomic E-state index is 0.138. The molecule has 0 N–H and O–H groups in total. The van der Waals surface area contributed by atoms with Gasteiger partial charge in [-0.1, -0.05) is 84.0 Å². The molecule has 0 saturated heterocycles. The van der Waals surface area contributed by atoms with Crippen LogP contribution in [0.5, 0.6) is 0 Å². The van der Waals surface area contributed by atoms with Crippen LogP contribution in [-0.2, 0) is 17.0 Å². The topological polar surface area (TPSA) is 0 Å². The van der Waals surface area contributed by atoms with Crippen LogP contribution in [0.4, 0.5) is 0 Å². The monoisotopic (exact) mass is 312 g/mol. The van der Waals surface area contributed by atoms with Crippen LogP contribution in [0.15, 0.2) is 42.5 Å². The summed E-state index contributed by atoms with van der Waals surface area (Å²) in [5.74, 6) is 0. The molecule has 2 aromatic carbocycles. The summed E-state index contributed by atoms with van der Waals surface area (Å²) in [5.41, 5.74) is 7.43. The molecule has 118 valence electrons. The highest BCUT2D eigenvalue weighted by Crippen LogP contribution is 2.41. The van der Waals surface area contributed by atoms with Crippen molar-refractivity contribution in [1.29, 1.82) is 0 Å².